The number of ether oxygens (including phenoxy) is 2. The number of anilines is 1. The van der Waals surface area contributed by atoms with Crippen molar-refractivity contribution in [3.05, 3.63) is 60.2 Å². The number of piperazine rings is 1. The van der Waals surface area contributed by atoms with E-state index in [0.29, 0.717) is 52.1 Å². The molecule has 7 nitrogen and oxygen atoms in total. The molecular weight excluding hydrogens is 430 g/mol. The molecule has 1 atom stereocenters. The normalized spacial score (nSPS) is 20.0. The van der Waals surface area contributed by atoms with Crippen LogP contribution in [-0.4, -0.2) is 81.7 Å². The van der Waals surface area contributed by atoms with Gasteiger partial charge in [0.2, 0.25) is 11.8 Å². The molecule has 2 aromatic rings. The van der Waals surface area contributed by atoms with Crippen LogP contribution in [0.1, 0.15) is 18.4 Å². The number of carbonyl (C=O) groups is 2. The number of hydrogen-bond acceptors (Lipinski definition) is 5. The first kappa shape index (κ1) is 24.1. The van der Waals surface area contributed by atoms with E-state index in [1.54, 1.807) is 26.1 Å². The Bertz CT molecular complexity index is 971. The van der Waals surface area contributed by atoms with Crippen molar-refractivity contribution in [2.45, 2.75) is 25.3 Å². The van der Waals surface area contributed by atoms with E-state index in [-0.39, 0.29) is 11.8 Å². The summed E-state index contributed by atoms with van der Waals surface area (Å²) in [5, 5.41) is 0. The summed E-state index contributed by atoms with van der Waals surface area (Å²) in [4.78, 5) is 33.1. The lowest BCUT2D eigenvalue weighted by atomic mass is 9.73. The molecule has 2 saturated heterocycles. The van der Waals surface area contributed by atoms with Gasteiger partial charge in [0.1, 0.15) is 11.8 Å². The van der Waals surface area contributed by atoms with E-state index in [1.807, 2.05) is 47.4 Å². The number of methoxy groups -OCH3 is 1. The maximum atomic E-state index is 14.2. The highest BCUT2D eigenvalue weighted by molar-refractivity contribution is 5.91. The molecule has 2 amide bonds. The summed E-state index contributed by atoms with van der Waals surface area (Å²) in [6.07, 6.45) is 2.00. The maximum absolute atomic E-state index is 14.2. The van der Waals surface area contributed by atoms with Gasteiger partial charge in [0, 0.05) is 52.6 Å². The third kappa shape index (κ3) is 5.04. The second kappa shape index (κ2) is 10.5. The molecule has 2 aliphatic rings. The van der Waals surface area contributed by atoms with Gasteiger partial charge in [-0.1, -0.05) is 30.3 Å². The molecule has 0 saturated carbocycles. The highest BCUT2D eigenvalue weighted by Gasteiger charge is 2.47. The highest BCUT2D eigenvalue weighted by Crippen LogP contribution is 2.38. The van der Waals surface area contributed by atoms with Gasteiger partial charge in [0.15, 0.2) is 0 Å². The van der Waals surface area contributed by atoms with Gasteiger partial charge in [0.05, 0.1) is 12.5 Å². The number of likely N-dealkylation sites (N-methyl/N-ethyl adjacent to an activating group) is 1. The molecule has 1 unspecified atom stereocenters. The van der Waals surface area contributed by atoms with Gasteiger partial charge in [0.25, 0.3) is 0 Å². The van der Waals surface area contributed by atoms with E-state index in [2.05, 4.69) is 17.0 Å². The molecule has 4 rings (SSSR count). The second-order valence-electron chi connectivity index (χ2n) is 9.45. The highest BCUT2D eigenvalue weighted by atomic mass is 16.5. The Balaban J connectivity index is 1.60. The van der Waals surface area contributed by atoms with Gasteiger partial charge in [-0.15, -0.1) is 0 Å². The first-order valence-corrected chi connectivity index (χ1v) is 12.0. The van der Waals surface area contributed by atoms with Gasteiger partial charge in [-0.3, -0.25) is 9.59 Å². The van der Waals surface area contributed by atoms with E-state index < -0.39 is 11.5 Å². The molecule has 7 heteroatoms. The summed E-state index contributed by atoms with van der Waals surface area (Å²) < 4.78 is 10.9. The monoisotopic (exact) mass is 465 g/mol. The molecule has 34 heavy (non-hydrogen) atoms. The molecule has 182 valence electrons. The Kier molecular flexibility index (Phi) is 7.41. The molecule has 0 aliphatic carbocycles. The van der Waals surface area contributed by atoms with Crippen molar-refractivity contribution in [1.82, 2.24) is 9.80 Å². The average Bonchev–Trinajstić information content (AvgIpc) is 2.88. The maximum Gasteiger partial charge on any atom is 0.246 e. The zero-order chi connectivity index (χ0) is 24.1. The molecule has 2 heterocycles. The van der Waals surface area contributed by atoms with Crippen LogP contribution >= 0.6 is 0 Å². The van der Waals surface area contributed by atoms with Crippen LogP contribution in [0.15, 0.2) is 54.6 Å². The number of hydrogen-bond donors (Lipinski definition) is 0. The Labute approximate surface area is 202 Å². The van der Waals surface area contributed by atoms with Crippen LogP contribution in [-0.2, 0) is 20.7 Å². The minimum absolute atomic E-state index is 0.0477. The Morgan fingerprint density at radius 1 is 1.03 bits per heavy atom. The fourth-order valence-corrected chi connectivity index (χ4v) is 5.08. The number of rotatable bonds is 6. The molecule has 0 bridgehead atoms. The van der Waals surface area contributed by atoms with Crippen LogP contribution in [0.2, 0.25) is 0 Å². The van der Waals surface area contributed by atoms with E-state index in [4.69, 9.17) is 9.47 Å². The van der Waals surface area contributed by atoms with Gasteiger partial charge in [-0.05, 0) is 49.1 Å². The van der Waals surface area contributed by atoms with Crippen molar-refractivity contribution in [3.63, 3.8) is 0 Å². The van der Waals surface area contributed by atoms with Gasteiger partial charge >= 0.3 is 0 Å². The van der Waals surface area contributed by atoms with E-state index in [0.717, 1.165) is 17.0 Å². The first-order valence-electron chi connectivity index (χ1n) is 12.0. The van der Waals surface area contributed by atoms with E-state index in [1.165, 1.54) is 0 Å². The summed E-state index contributed by atoms with van der Waals surface area (Å²) in [5.41, 5.74) is 1.62. The lowest BCUT2D eigenvalue weighted by molar-refractivity contribution is -0.156. The Morgan fingerprint density at radius 3 is 2.32 bits per heavy atom. The van der Waals surface area contributed by atoms with Gasteiger partial charge < -0.3 is 24.2 Å². The fourth-order valence-electron chi connectivity index (χ4n) is 5.08. The quantitative estimate of drug-likeness (QED) is 0.657. The third-order valence-electron chi connectivity index (χ3n) is 7.09. The topological polar surface area (TPSA) is 62.3 Å². The molecular formula is C27H35N3O4. The zero-order valence-electron chi connectivity index (χ0n) is 20.4. The Morgan fingerprint density at radius 2 is 1.71 bits per heavy atom. The fraction of sp³-hybridized carbons (Fsp3) is 0.481. The lowest BCUT2D eigenvalue weighted by Gasteiger charge is -2.47. The van der Waals surface area contributed by atoms with Crippen LogP contribution in [0.3, 0.4) is 0 Å². The summed E-state index contributed by atoms with van der Waals surface area (Å²) in [7, 11) is 5.16. The zero-order valence-corrected chi connectivity index (χ0v) is 20.4. The van der Waals surface area contributed by atoms with Crippen molar-refractivity contribution >= 4 is 17.5 Å². The standard InChI is InChI=1S/C27H35N3O4/c1-28(2)25(31)24-20-29(22-9-11-23(33-3)12-10-22)15-16-30(24)26(32)27(13-17-34-18-14-27)19-21-7-5-4-6-8-21/h4-12,24H,13-20H2,1-3H3. The predicted molar refractivity (Wildman–Crippen MR) is 132 cm³/mol. The van der Waals surface area contributed by atoms with Crippen LogP contribution in [0.25, 0.3) is 0 Å². The smallest absolute Gasteiger partial charge is 0.246 e. The molecule has 0 spiro atoms. The second-order valence-corrected chi connectivity index (χ2v) is 9.45. The van der Waals surface area contributed by atoms with Crippen molar-refractivity contribution in [1.29, 1.82) is 0 Å². The molecule has 0 N–H and O–H groups in total. The molecule has 0 aromatic heterocycles. The minimum atomic E-state index is -0.549. The van der Waals surface area contributed by atoms with Gasteiger partial charge in [-0.25, -0.2) is 0 Å². The summed E-state index contributed by atoms with van der Waals surface area (Å²) in [6.45, 7) is 2.78. The van der Waals surface area contributed by atoms with Gasteiger partial charge in [-0.2, -0.15) is 0 Å². The van der Waals surface area contributed by atoms with Crippen molar-refractivity contribution in [2.75, 3.05) is 59.0 Å². The molecule has 0 radical (unpaired) electrons. The van der Waals surface area contributed by atoms with Crippen LogP contribution in [0.5, 0.6) is 5.75 Å². The van der Waals surface area contributed by atoms with Crippen molar-refractivity contribution in [3.8, 4) is 5.75 Å². The largest absolute Gasteiger partial charge is 0.497 e. The average molecular weight is 466 g/mol. The van der Waals surface area contributed by atoms with Crippen LogP contribution in [0.4, 0.5) is 5.69 Å². The Hall–Kier alpha value is -3.06. The molecule has 2 fully saturated rings. The summed E-state index contributed by atoms with van der Waals surface area (Å²) >= 11 is 0. The summed E-state index contributed by atoms with van der Waals surface area (Å²) in [5.74, 6) is 0.823. The first-order chi connectivity index (χ1) is 16.4. The third-order valence-corrected chi connectivity index (χ3v) is 7.09. The minimum Gasteiger partial charge on any atom is -0.497 e. The lowest BCUT2D eigenvalue weighted by Crippen LogP contribution is -2.63. The number of benzene rings is 2. The van der Waals surface area contributed by atoms with Crippen molar-refractivity contribution < 1.29 is 19.1 Å². The van der Waals surface area contributed by atoms with Crippen LogP contribution < -0.4 is 9.64 Å². The van der Waals surface area contributed by atoms with E-state index in [9.17, 15) is 9.59 Å². The number of nitrogens with zero attached hydrogens (tertiary/aromatic N) is 3. The molecule has 2 aromatic carbocycles. The summed E-state index contributed by atoms with van der Waals surface area (Å²) in [6, 6.07) is 17.5. The number of carbonyl (C=O) groups excluding carboxylic acids is 2. The van der Waals surface area contributed by atoms with Crippen molar-refractivity contribution in [2.24, 2.45) is 5.41 Å². The number of amides is 2. The molecule has 2 aliphatic heterocycles. The SMILES string of the molecule is COc1ccc(N2CCN(C(=O)C3(Cc4ccccc4)CCOCC3)C(C(=O)N(C)C)C2)cc1. The van der Waals surface area contributed by atoms with Crippen LogP contribution in [0, 0.1) is 5.41 Å². The predicted octanol–water partition coefficient (Wildman–Crippen LogP) is 2.84. The van der Waals surface area contributed by atoms with E-state index >= 15 is 0 Å².